The number of halogens is 2. The van der Waals surface area contributed by atoms with Crippen molar-refractivity contribution in [3.63, 3.8) is 0 Å². The third kappa shape index (κ3) is 4.12. The van der Waals surface area contributed by atoms with Crippen molar-refractivity contribution >= 4 is 29.1 Å². The number of carbonyl (C=O) groups excluding carboxylic acids is 1. The van der Waals surface area contributed by atoms with E-state index in [4.69, 9.17) is 37.4 Å². The second-order valence-corrected chi connectivity index (χ2v) is 8.18. The fourth-order valence-corrected chi connectivity index (χ4v) is 4.27. The molecule has 0 N–H and O–H groups in total. The second kappa shape index (κ2) is 8.33. The fourth-order valence-electron chi connectivity index (χ4n) is 3.82. The molecule has 2 aromatic rings. The highest BCUT2D eigenvalue weighted by molar-refractivity contribution is 6.35. The van der Waals surface area contributed by atoms with Crippen LogP contribution < -0.4 is 14.2 Å². The Morgan fingerprint density at radius 3 is 2.62 bits per heavy atom. The van der Waals surface area contributed by atoms with Gasteiger partial charge in [-0.3, -0.25) is 4.79 Å². The Labute approximate surface area is 180 Å². The van der Waals surface area contributed by atoms with Gasteiger partial charge in [-0.15, -0.1) is 0 Å². The maximum atomic E-state index is 13.1. The topological polar surface area (TPSA) is 48.0 Å². The first-order valence-electron chi connectivity index (χ1n) is 9.78. The number of rotatable bonds is 3. The van der Waals surface area contributed by atoms with Gasteiger partial charge in [0.2, 0.25) is 0 Å². The normalized spacial score (nSPS) is 19.2. The zero-order valence-electron chi connectivity index (χ0n) is 16.4. The molecule has 0 aromatic heterocycles. The van der Waals surface area contributed by atoms with Gasteiger partial charge >= 0.3 is 0 Å². The molecule has 2 aliphatic rings. The third-order valence-corrected chi connectivity index (χ3v) is 5.91. The lowest BCUT2D eigenvalue weighted by atomic mass is 9.92. The van der Waals surface area contributed by atoms with Crippen molar-refractivity contribution in [2.24, 2.45) is 0 Å². The SMILES string of the molecule is CC(Oc1ccc(Cl)cc1Cl)C(=O)N1CCc2cc3c(cc2C1C)OCCCO3. The van der Waals surface area contributed by atoms with Crippen molar-refractivity contribution in [1.29, 1.82) is 0 Å². The van der Waals surface area contributed by atoms with Gasteiger partial charge in [0.15, 0.2) is 17.6 Å². The lowest BCUT2D eigenvalue weighted by Gasteiger charge is -2.37. The molecule has 2 atom stereocenters. The van der Waals surface area contributed by atoms with E-state index < -0.39 is 6.10 Å². The molecular weight excluding hydrogens is 413 g/mol. The molecule has 2 aromatic carbocycles. The van der Waals surface area contributed by atoms with Crippen LogP contribution >= 0.6 is 23.2 Å². The number of carbonyl (C=O) groups is 1. The van der Waals surface area contributed by atoms with Crippen LogP contribution in [0.25, 0.3) is 0 Å². The largest absolute Gasteiger partial charge is 0.490 e. The molecule has 7 heteroatoms. The molecule has 0 fully saturated rings. The molecular formula is C22H23Cl2NO4. The van der Waals surface area contributed by atoms with Crippen LogP contribution in [0.3, 0.4) is 0 Å². The number of fused-ring (bicyclic) bond motifs is 2. The van der Waals surface area contributed by atoms with Gasteiger partial charge in [-0.25, -0.2) is 0 Å². The predicted octanol–water partition coefficient (Wildman–Crippen LogP) is 5.07. The van der Waals surface area contributed by atoms with Crippen LogP contribution in [0.4, 0.5) is 0 Å². The van der Waals surface area contributed by atoms with E-state index in [1.54, 1.807) is 25.1 Å². The number of benzene rings is 2. The maximum absolute atomic E-state index is 13.1. The van der Waals surface area contributed by atoms with Gasteiger partial charge in [0, 0.05) is 18.0 Å². The Hall–Kier alpha value is -2.11. The summed E-state index contributed by atoms with van der Waals surface area (Å²) in [7, 11) is 0. The van der Waals surface area contributed by atoms with Crippen LogP contribution in [0.1, 0.15) is 37.4 Å². The average Bonchev–Trinajstić information content (AvgIpc) is 2.93. The molecule has 154 valence electrons. The Balaban J connectivity index is 1.52. The first kappa shape index (κ1) is 20.2. The summed E-state index contributed by atoms with van der Waals surface area (Å²) in [5.41, 5.74) is 2.28. The van der Waals surface area contributed by atoms with Crippen LogP contribution in [-0.2, 0) is 11.2 Å². The van der Waals surface area contributed by atoms with Crippen molar-refractivity contribution in [2.45, 2.75) is 38.8 Å². The molecule has 0 aliphatic carbocycles. The highest BCUT2D eigenvalue weighted by Crippen LogP contribution is 2.39. The molecule has 29 heavy (non-hydrogen) atoms. The summed E-state index contributed by atoms with van der Waals surface area (Å²) in [6.45, 7) is 5.68. The number of hydrogen-bond acceptors (Lipinski definition) is 4. The minimum absolute atomic E-state index is 0.0822. The molecule has 0 bridgehead atoms. The molecule has 0 saturated heterocycles. The van der Waals surface area contributed by atoms with Gasteiger partial charge in [-0.2, -0.15) is 0 Å². The Bertz CT molecular complexity index is 933. The van der Waals surface area contributed by atoms with Gasteiger partial charge in [0.25, 0.3) is 5.91 Å². The minimum Gasteiger partial charge on any atom is -0.490 e. The molecule has 2 heterocycles. The summed E-state index contributed by atoms with van der Waals surface area (Å²) in [6, 6.07) is 8.95. The van der Waals surface area contributed by atoms with E-state index >= 15 is 0 Å². The maximum Gasteiger partial charge on any atom is 0.263 e. The van der Waals surface area contributed by atoms with Crippen molar-refractivity contribution in [1.82, 2.24) is 4.90 Å². The second-order valence-electron chi connectivity index (χ2n) is 7.34. The van der Waals surface area contributed by atoms with Gasteiger partial charge in [-0.1, -0.05) is 23.2 Å². The smallest absolute Gasteiger partial charge is 0.263 e. The van der Waals surface area contributed by atoms with Crippen molar-refractivity contribution in [2.75, 3.05) is 19.8 Å². The fraction of sp³-hybridized carbons (Fsp3) is 0.409. The Morgan fingerprint density at radius 1 is 1.17 bits per heavy atom. The van der Waals surface area contributed by atoms with Crippen LogP contribution in [0.5, 0.6) is 17.2 Å². The summed E-state index contributed by atoms with van der Waals surface area (Å²) in [6.07, 6.45) is 0.955. The van der Waals surface area contributed by atoms with Crippen molar-refractivity contribution in [3.05, 3.63) is 51.5 Å². The molecule has 5 nitrogen and oxygen atoms in total. The van der Waals surface area contributed by atoms with Crippen molar-refractivity contribution < 1.29 is 19.0 Å². The highest BCUT2D eigenvalue weighted by Gasteiger charge is 2.32. The number of hydrogen-bond donors (Lipinski definition) is 0. The first-order valence-corrected chi connectivity index (χ1v) is 10.5. The Kier molecular flexibility index (Phi) is 5.79. The van der Waals surface area contributed by atoms with E-state index in [1.807, 2.05) is 17.9 Å². The molecule has 2 unspecified atom stereocenters. The van der Waals surface area contributed by atoms with Gasteiger partial charge in [-0.05, 0) is 61.7 Å². The van der Waals surface area contributed by atoms with Gasteiger partial charge in [0.1, 0.15) is 5.75 Å². The average molecular weight is 436 g/mol. The van der Waals surface area contributed by atoms with E-state index in [0.29, 0.717) is 35.6 Å². The molecule has 0 saturated carbocycles. The van der Waals surface area contributed by atoms with Gasteiger partial charge < -0.3 is 19.1 Å². The number of nitrogens with zero attached hydrogens (tertiary/aromatic N) is 1. The van der Waals surface area contributed by atoms with Crippen molar-refractivity contribution in [3.8, 4) is 17.2 Å². The van der Waals surface area contributed by atoms with Crippen LogP contribution in [0.15, 0.2) is 30.3 Å². The summed E-state index contributed by atoms with van der Waals surface area (Å²) in [5, 5.41) is 0.905. The highest BCUT2D eigenvalue weighted by atomic mass is 35.5. The molecule has 0 spiro atoms. The quantitative estimate of drug-likeness (QED) is 0.675. The molecule has 4 rings (SSSR count). The van der Waals surface area contributed by atoms with Crippen LogP contribution in [0, 0.1) is 0 Å². The summed E-state index contributed by atoms with van der Waals surface area (Å²) in [5.74, 6) is 1.90. The summed E-state index contributed by atoms with van der Waals surface area (Å²) >= 11 is 12.1. The van der Waals surface area contributed by atoms with E-state index in [9.17, 15) is 4.79 Å². The Morgan fingerprint density at radius 2 is 1.90 bits per heavy atom. The summed E-state index contributed by atoms with van der Waals surface area (Å²) < 4.78 is 17.5. The molecule has 2 aliphatic heterocycles. The number of ether oxygens (including phenoxy) is 3. The third-order valence-electron chi connectivity index (χ3n) is 5.38. The lowest BCUT2D eigenvalue weighted by Crippen LogP contribution is -2.45. The zero-order chi connectivity index (χ0) is 20.5. The van der Waals surface area contributed by atoms with E-state index in [-0.39, 0.29) is 11.9 Å². The van der Waals surface area contributed by atoms with Gasteiger partial charge in [0.05, 0.1) is 24.3 Å². The predicted molar refractivity (Wildman–Crippen MR) is 112 cm³/mol. The van der Waals surface area contributed by atoms with E-state index in [1.165, 1.54) is 5.56 Å². The molecule has 1 amide bonds. The standard InChI is InChI=1S/C22H23Cl2NO4/c1-13-17-12-21-20(27-8-3-9-28-21)10-15(17)6-7-25(13)22(26)14(2)29-19-5-4-16(23)11-18(19)24/h4-5,10-14H,3,6-9H2,1-2H3. The molecule has 0 radical (unpaired) electrons. The monoisotopic (exact) mass is 435 g/mol. The van der Waals surface area contributed by atoms with Crippen LogP contribution in [-0.4, -0.2) is 36.7 Å². The lowest BCUT2D eigenvalue weighted by molar-refractivity contribution is -0.140. The minimum atomic E-state index is -0.668. The van der Waals surface area contributed by atoms with Crippen LogP contribution in [0.2, 0.25) is 10.0 Å². The van der Waals surface area contributed by atoms with E-state index in [0.717, 1.165) is 29.9 Å². The first-order chi connectivity index (χ1) is 13.9. The zero-order valence-corrected chi connectivity index (χ0v) is 17.9. The van der Waals surface area contributed by atoms with E-state index in [2.05, 4.69) is 6.07 Å². The number of amides is 1. The summed E-state index contributed by atoms with van der Waals surface area (Å²) in [4.78, 5) is 15.0.